The summed E-state index contributed by atoms with van der Waals surface area (Å²) < 4.78 is 12.6. The first-order valence-corrected chi connectivity index (χ1v) is 11.9. The highest BCUT2D eigenvalue weighted by atomic mass is 32.2. The largest absolute Gasteiger partial charge is 0.497 e. The van der Waals surface area contributed by atoms with Crippen molar-refractivity contribution in [2.24, 2.45) is 0 Å². The van der Waals surface area contributed by atoms with Crippen LogP contribution in [-0.2, 0) is 17.8 Å². The summed E-state index contributed by atoms with van der Waals surface area (Å²) >= 11 is 1.44. The number of amides is 1. The molecule has 1 aliphatic rings. The summed E-state index contributed by atoms with van der Waals surface area (Å²) in [6.07, 6.45) is 2.62. The van der Waals surface area contributed by atoms with E-state index in [-0.39, 0.29) is 5.91 Å². The molecule has 8 nitrogen and oxygen atoms in total. The molecule has 9 heteroatoms. The summed E-state index contributed by atoms with van der Waals surface area (Å²) in [5.41, 5.74) is 1.30. The van der Waals surface area contributed by atoms with Crippen molar-refractivity contribution in [1.29, 1.82) is 0 Å². The Hall–Kier alpha value is -2.78. The predicted octanol–water partition coefficient (Wildman–Crippen LogP) is 3.05. The highest BCUT2D eigenvalue weighted by Gasteiger charge is 2.22. The number of nitrogens with zero attached hydrogens (tertiary/aromatic N) is 5. The smallest absolute Gasteiger partial charge is 0.233 e. The predicted molar refractivity (Wildman–Crippen MR) is 124 cm³/mol. The maximum atomic E-state index is 12.8. The molecule has 0 N–H and O–H groups in total. The molecule has 0 spiro atoms. The summed E-state index contributed by atoms with van der Waals surface area (Å²) in [6.45, 7) is 7.08. The van der Waals surface area contributed by atoms with Crippen molar-refractivity contribution in [3.63, 3.8) is 0 Å². The monoisotopic (exact) mass is 455 g/mol. The first kappa shape index (κ1) is 22.4. The highest BCUT2D eigenvalue weighted by molar-refractivity contribution is 7.99. The zero-order chi connectivity index (χ0) is 22.3. The molecule has 1 amide bonds. The zero-order valence-electron chi connectivity index (χ0n) is 18.6. The Labute approximate surface area is 192 Å². The van der Waals surface area contributed by atoms with Crippen LogP contribution in [0.5, 0.6) is 5.75 Å². The average molecular weight is 456 g/mol. The third kappa shape index (κ3) is 5.34. The molecule has 3 heterocycles. The van der Waals surface area contributed by atoms with Gasteiger partial charge in [0, 0.05) is 39.3 Å². The number of hydrogen-bond donors (Lipinski definition) is 0. The second-order valence-corrected chi connectivity index (χ2v) is 8.58. The van der Waals surface area contributed by atoms with Crippen LogP contribution in [-0.4, -0.2) is 76.1 Å². The standard InChI is InChI=1S/C23H29N5O3S/c1-3-28-22(20-5-4-16-31-20)24-25-23(28)32-17-21(29)27-14-12-26(13-15-27)11-10-18-6-8-19(30-2)9-7-18/h4-9,16H,3,10-15,17H2,1-2H3. The molecule has 2 aromatic heterocycles. The lowest BCUT2D eigenvalue weighted by Crippen LogP contribution is -2.49. The van der Waals surface area contributed by atoms with Gasteiger partial charge in [0.05, 0.1) is 19.1 Å². The lowest BCUT2D eigenvalue weighted by atomic mass is 10.1. The van der Waals surface area contributed by atoms with E-state index >= 15 is 0 Å². The van der Waals surface area contributed by atoms with E-state index < -0.39 is 0 Å². The Kier molecular flexibility index (Phi) is 7.49. The number of carbonyl (C=O) groups excluding carboxylic acids is 1. The van der Waals surface area contributed by atoms with Crippen LogP contribution in [0.1, 0.15) is 12.5 Å². The number of aromatic nitrogens is 3. The number of hydrogen-bond acceptors (Lipinski definition) is 7. The Bertz CT molecular complexity index is 995. The number of rotatable bonds is 9. The Morgan fingerprint density at radius 1 is 1.12 bits per heavy atom. The van der Waals surface area contributed by atoms with Gasteiger partial charge in [0.2, 0.25) is 5.91 Å². The van der Waals surface area contributed by atoms with Gasteiger partial charge < -0.3 is 14.1 Å². The summed E-state index contributed by atoms with van der Waals surface area (Å²) in [7, 11) is 1.68. The van der Waals surface area contributed by atoms with Crippen LogP contribution in [0, 0.1) is 0 Å². The third-order valence-corrected chi connectivity index (χ3v) is 6.65. The maximum absolute atomic E-state index is 12.8. The number of furan rings is 1. The summed E-state index contributed by atoms with van der Waals surface area (Å²) in [4.78, 5) is 17.1. The molecule has 0 unspecified atom stereocenters. The van der Waals surface area contributed by atoms with Crippen molar-refractivity contribution in [3.05, 3.63) is 48.2 Å². The lowest BCUT2D eigenvalue weighted by Gasteiger charge is -2.34. The summed E-state index contributed by atoms with van der Waals surface area (Å²) in [6, 6.07) is 11.9. The van der Waals surface area contributed by atoms with Gasteiger partial charge >= 0.3 is 0 Å². The average Bonchev–Trinajstić information content (AvgIpc) is 3.51. The van der Waals surface area contributed by atoms with E-state index in [0.29, 0.717) is 23.9 Å². The number of piperazine rings is 1. The number of ether oxygens (including phenoxy) is 1. The molecule has 1 saturated heterocycles. The van der Waals surface area contributed by atoms with Gasteiger partial charge in [0.1, 0.15) is 5.75 Å². The van der Waals surface area contributed by atoms with Crippen LogP contribution >= 0.6 is 11.8 Å². The van der Waals surface area contributed by atoms with Gasteiger partial charge in [0.15, 0.2) is 16.7 Å². The molecule has 0 atom stereocenters. The minimum absolute atomic E-state index is 0.148. The Morgan fingerprint density at radius 3 is 2.56 bits per heavy atom. The van der Waals surface area contributed by atoms with Crippen LogP contribution in [0.4, 0.5) is 0 Å². The van der Waals surface area contributed by atoms with E-state index in [9.17, 15) is 4.79 Å². The summed E-state index contributed by atoms with van der Waals surface area (Å²) in [5, 5.41) is 9.25. The first-order valence-electron chi connectivity index (χ1n) is 10.9. The Balaban J connectivity index is 1.23. The van der Waals surface area contributed by atoms with E-state index in [4.69, 9.17) is 9.15 Å². The number of methoxy groups -OCH3 is 1. The number of carbonyl (C=O) groups is 1. The van der Waals surface area contributed by atoms with Gasteiger partial charge in [-0.25, -0.2) is 0 Å². The summed E-state index contributed by atoms with van der Waals surface area (Å²) in [5.74, 6) is 2.77. The molecule has 4 rings (SSSR count). The minimum atomic E-state index is 0.148. The minimum Gasteiger partial charge on any atom is -0.497 e. The molecular formula is C23H29N5O3S. The van der Waals surface area contributed by atoms with Gasteiger partial charge in [0.25, 0.3) is 0 Å². The van der Waals surface area contributed by atoms with Crippen molar-refractivity contribution in [1.82, 2.24) is 24.6 Å². The maximum Gasteiger partial charge on any atom is 0.233 e. The van der Waals surface area contributed by atoms with E-state index in [1.807, 2.05) is 40.7 Å². The van der Waals surface area contributed by atoms with Gasteiger partial charge in [-0.15, -0.1) is 10.2 Å². The molecule has 170 valence electrons. The van der Waals surface area contributed by atoms with Crippen molar-refractivity contribution in [2.75, 3.05) is 45.6 Å². The molecule has 0 bridgehead atoms. The first-order chi connectivity index (χ1) is 15.7. The molecule has 32 heavy (non-hydrogen) atoms. The Morgan fingerprint density at radius 2 is 1.91 bits per heavy atom. The van der Waals surface area contributed by atoms with Crippen molar-refractivity contribution in [2.45, 2.75) is 25.0 Å². The lowest BCUT2D eigenvalue weighted by molar-refractivity contribution is -0.130. The van der Waals surface area contributed by atoms with E-state index in [1.165, 1.54) is 17.3 Å². The second-order valence-electron chi connectivity index (χ2n) is 7.64. The number of benzene rings is 1. The van der Waals surface area contributed by atoms with E-state index in [1.54, 1.807) is 13.4 Å². The number of thioether (sulfide) groups is 1. The van der Waals surface area contributed by atoms with Crippen molar-refractivity contribution >= 4 is 17.7 Å². The van der Waals surface area contributed by atoms with Gasteiger partial charge in [-0.2, -0.15) is 0 Å². The molecule has 0 saturated carbocycles. The SMILES string of the molecule is CCn1c(SCC(=O)N2CCN(CCc3ccc(OC)cc3)CC2)nnc1-c1ccco1. The van der Waals surface area contributed by atoms with Crippen molar-refractivity contribution in [3.8, 4) is 17.3 Å². The van der Waals surface area contributed by atoms with Crippen molar-refractivity contribution < 1.29 is 13.9 Å². The van der Waals surface area contributed by atoms with Crippen LogP contribution in [0.25, 0.3) is 11.6 Å². The molecule has 1 fully saturated rings. The van der Waals surface area contributed by atoms with Crippen LogP contribution in [0.2, 0.25) is 0 Å². The van der Waals surface area contributed by atoms with Gasteiger partial charge in [-0.3, -0.25) is 14.3 Å². The molecule has 3 aromatic rings. The molecule has 1 aromatic carbocycles. The molecule has 0 radical (unpaired) electrons. The van der Waals surface area contributed by atoms with E-state index in [2.05, 4.69) is 27.2 Å². The fourth-order valence-electron chi connectivity index (χ4n) is 3.79. The molecule has 0 aliphatic carbocycles. The highest BCUT2D eigenvalue weighted by Crippen LogP contribution is 2.24. The van der Waals surface area contributed by atoms with Crippen LogP contribution in [0.15, 0.2) is 52.2 Å². The molecule has 1 aliphatic heterocycles. The van der Waals surface area contributed by atoms with Gasteiger partial charge in [-0.1, -0.05) is 23.9 Å². The zero-order valence-corrected chi connectivity index (χ0v) is 19.4. The fourth-order valence-corrected chi connectivity index (χ4v) is 4.69. The van der Waals surface area contributed by atoms with Crippen LogP contribution in [0.3, 0.4) is 0 Å². The van der Waals surface area contributed by atoms with Crippen LogP contribution < -0.4 is 4.74 Å². The second kappa shape index (κ2) is 10.7. The quantitative estimate of drug-likeness (QED) is 0.459. The van der Waals surface area contributed by atoms with Gasteiger partial charge in [-0.05, 0) is 43.2 Å². The normalized spacial score (nSPS) is 14.6. The molecular weight excluding hydrogens is 426 g/mol. The fraction of sp³-hybridized carbons (Fsp3) is 0.435. The third-order valence-electron chi connectivity index (χ3n) is 5.70. The topological polar surface area (TPSA) is 76.6 Å². The van der Waals surface area contributed by atoms with E-state index in [0.717, 1.165) is 50.1 Å².